The number of hydrogen-bond donors (Lipinski definition) is 12. The van der Waals surface area contributed by atoms with Crippen molar-refractivity contribution in [2.24, 2.45) is 40.9 Å². The predicted octanol–water partition coefficient (Wildman–Crippen LogP) is -0.0103. The molecule has 418 valence electrons. The number of allylic oxidation sites excluding steroid dienone is 4. The van der Waals surface area contributed by atoms with Gasteiger partial charge in [-0.2, -0.15) is 0 Å². The largest absolute Gasteiger partial charge is 0.550 e. The fourth-order valence-corrected chi connectivity index (χ4v) is 8.51. The number of aryl methyl sites for hydroxylation is 2. The van der Waals surface area contributed by atoms with Crippen molar-refractivity contribution in [3.63, 3.8) is 0 Å². The summed E-state index contributed by atoms with van der Waals surface area (Å²) in [7, 11) is 0. The summed E-state index contributed by atoms with van der Waals surface area (Å²) < 4.78 is 0. The lowest BCUT2D eigenvalue weighted by Gasteiger charge is -2.19. The summed E-state index contributed by atoms with van der Waals surface area (Å²) in [5, 5.41) is 85.1. The van der Waals surface area contributed by atoms with Gasteiger partial charge in [0.15, 0.2) is 0 Å². The van der Waals surface area contributed by atoms with Crippen LogP contribution < -0.4 is 43.5 Å². The monoisotopic (exact) mass is 1040 g/mol. The summed E-state index contributed by atoms with van der Waals surface area (Å²) in [6.07, 6.45) is 20.9. The SMILES string of the molecule is C.CCN.CCNC(=O)CCC/C=C\C[C@@H]1[C@@H](/C=C/[C@@H](O)CCc2ccccc2)[C@H](O)C[C@@H]1O.NC(N)=[NH+]CCC[C@H]([NH3+])C(=O)[O-].O=C([O-])CCC/C=C\C[C@@H]1[C@@H](/C=C/[C@@H](O)CCc2ccccc2)[C@H](O)C[C@@H]1O. The summed E-state index contributed by atoms with van der Waals surface area (Å²) >= 11 is 0. The van der Waals surface area contributed by atoms with E-state index in [0.29, 0.717) is 83.7 Å². The van der Waals surface area contributed by atoms with Gasteiger partial charge in [0.1, 0.15) is 6.04 Å². The fourth-order valence-electron chi connectivity index (χ4n) is 8.51. The van der Waals surface area contributed by atoms with Gasteiger partial charge < -0.3 is 67.2 Å². The van der Waals surface area contributed by atoms with Gasteiger partial charge in [0.2, 0.25) is 5.91 Å². The van der Waals surface area contributed by atoms with Crippen LogP contribution in [0.4, 0.5) is 0 Å². The standard InChI is InChI=1S/C25H37NO4.C23H32O5.C6H14N4O2.C2H7N.CH4/c1-2-26-25(30)13-9-4-3-8-12-21-22(24(29)18-23(21)28)17-16-20(27)15-14-19-10-6-5-7-11-19;24-18(13-12-17-8-4-3-5-9-17)14-15-20-19(21(25)16-22(20)26)10-6-1-2-7-11-23(27)28;7-4(5(11)12)2-1-3-10-6(8)9;1-2-3;/h3,5-8,10-11,16-17,20-24,27-29H,2,4,9,12-15,18H2,1H3,(H,26,30);1,3-6,8-9,14-15,18-22,24-26H,2,7,10-13,16H2,(H,27,28);4H,1-3,7H2,(H,11,12)(H4,8,9,10);2-3H2,1H3;1H4/b8-3-,17-16+;6-1-,15-14+;;;/t20-,21+,22+,23-,24+;18-,19+,20+,21-,22+;4-;;/m000../s1. The first-order valence-electron chi connectivity index (χ1n) is 26.1. The Labute approximate surface area is 441 Å². The average molecular weight is 1040 g/mol. The summed E-state index contributed by atoms with van der Waals surface area (Å²) in [5.41, 5.74) is 20.8. The van der Waals surface area contributed by atoms with Gasteiger partial charge in [0, 0.05) is 50.0 Å². The van der Waals surface area contributed by atoms with Crippen LogP contribution in [0.25, 0.3) is 0 Å². The molecule has 11 atom stereocenters. The maximum Gasteiger partial charge on any atom is 0.338 e. The number of aliphatic carboxylic acids is 2. The number of aliphatic hydroxyl groups excluding tert-OH is 6. The van der Waals surface area contributed by atoms with E-state index in [4.69, 9.17) is 17.2 Å². The number of unbranched alkanes of at least 4 members (excludes halogenated alkanes) is 2. The van der Waals surface area contributed by atoms with Crippen molar-refractivity contribution in [1.82, 2.24) is 5.32 Å². The Morgan fingerprint density at radius 1 is 0.703 bits per heavy atom. The van der Waals surface area contributed by atoms with Crippen molar-refractivity contribution in [2.45, 2.75) is 167 Å². The molecular formula is C57H94N6O11. The van der Waals surface area contributed by atoms with E-state index >= 15 is 0 Å². The molecule has 2 aliphatic rings. The van der Waals surface area contributed by atoms with Gasteiger partial charge in [0.25, 0.3) is 0 Å². The molecule has 0 radical (unpaired) electrons. The topological polar surface area (TPSA) is 350 Å². The molecule has 74 heavy (non-hydrogen) atoms. The average Bonchev–Trinajstić information content (AvgIpc) is 3.79. The van der Waals surface area contributed by atoms with Gasteiger partial charge in [-0.1, -0.05) is 124 Å². The molecule has 4 rings (SSSR count). The Morgan fingerprint density at radius 2 is 1.14 bits per heavy atom. The Balaban J connectivity index is 0.00000112. The van der Waals surface area contributed by atoms with Gasteiger partial charge in [-0.25, -0.2) is 0 Å². The molecule has 0 aromatic heterocycles. The lowest BCUT2D eigenvalue weighted by Crippen LogP contribution is -2.78. The number of nitrogens with one attached hydrogen (secondary N) is 2. The number of guanidine groups is 1. The lowest BCUT2D eigenvalue weighted by molar-refractivity contribution is -0.466. The van der Waals surface area contributed by atoms with Gasteiger partial charge in [-0.3, -0.25) is 21.3 Å². The second-order valence-electron chi connectivity index (χ2n) is 18.6. The van der Waals surface area contributed by atoms with Crippen LogP contribution in [0.15, 0.2) is 109 Å². The van der Waals surface area contributed by atoms with Crippen molar-refractivity contribution in [2.75, 3.05) is 19.6 Å². The molecule has 0 bridgehead atoms. The highest BCUT2D eigenvalue weighted by Gasteiger charge is 2.40. The van der Waals surface area contributed by atoms with Gasteiger partial charge in [0.05, 0.1) is 49.1 Å². The van der Waals surface area contributed by atoms with Gasteiger partial charge in [-0.15, -0.1) is 0 Å². The van der Waals surface area contributed by atoms with E-state index in [1.807, 2.05) is 111 Å². The second-order valence-corrected chi connectivity index (χ2v) is 18.6. The van der Waals surface area contributed by atoms with E-state index in [0.717, 1.165) is 32.2 Å². The molecule has 1 amide bonds. The number of quaternary nitrogens is 1. The molecule has 17 N–H and O–H groups in total. The third-order valence-corrected chi connectivity index (χ3v) is 12.5. The molecule has 0 aliphatic heterocycles. The summed E-state index contributed by atoms with van der Waals surface area (Å²) in [4.78, 5) is 34.7. The first-order chi connectivity index (χ1) is 34.9. The molecule has 2 aliphatic carbocycles. The maximum atomic E-state index is 11.4. The van der Waals surface area contributed by atoms with E-state index < -0.39 is 54.6 Å². The molecule has 2 aromatic carbocycles. The maximum absolute atomic E-state index is 11.4. The van der Waals surface area contributed by atoms with Crippen LogP contribution in [0.5, 0.6) is 0 Å². The Hall–Kier alpha value is -5.24. The molecule has 0 heterocycles. The lowest BCUT2D eigenvalue weighted by atomic mass is 9.89. The van der Waals surface area contributed by atoms with Gasteiger partial charge in [-0.05, 0) is 113 Å². The van der Waals surface area contributed by atoms with Crippen molar-refractivity contribution < 1.29 is 66.0 Å². The Morgan fingerprint density at radius 3 is 1.53 bits per heavy atom. The van der Waals surface area contributed by atoms with Crippen LogP contribution in [-0.4, -0.2) is 117 Å². The molecule has 0 unspecified atom stereocenters. The zero-order chi connectivity index (χ0) is 54.4. The number of nitrogens with two attached hydrogens (primary N) is 3. The van der Waals surface area contributed by atoms with Crippen molar-refractivity contribution in [3.05, 3.63) is 120 Å². The third kappa shape index (κ3) is 32.2. The Bertz CT molecular complexity index is 1910. The molecule has 2 aromatic rings. The molecule has 0 saturated heterocycles. The second kappa shape index (κ2) is 42.0. The number of benzene rings is 2. The Kier molecular flexibility index (Phi) is 39.1. The van der Waals surface area contributed by atoms with Crippen LogP contribution in [0.2, 0.25) is 0 Å². The smallest absolute Gasteiger partial charge is 0.338 e. The number of amides is 1. The van der Waals surface area contributed by atoms with E-state index in [1.54, 1.807) is 12.2 Å². The number of carboxylic acids is 2. The van der Waals surface area contributed by atoms with Crippen LogP contribution in [0.3, 0.4) is 0 Å². The van der Waals surface area contributed by atoms with Crippen molar-refractivity contribution in [1.29, 1.82) is 0 Å². The number of carbonyl (C=O) groups is 3. The highest BCUT2D eigenvalue weighted by atomic mass is 16.4. The number of rotatable bonds is 28. The molecule has 17 heteroatoms. The van der Waals surface area contributed by atoms with Crippen molar-refractivity contribution in [3.8, 4) is 0 Å². The van der Waals surface area contributed by atoms with E-state index in [2.05, 4.69) is 16.0 Å². The highest BCUT2D eigenvalue weighted by Crippen LogP contribution is 2.37. The quantitative estimate of drug-likeness (QED) is 0.0231. The first-order valence-corrected chi connectivity index (χ1v) is 26.1. The number of aliphatic hydroxyl groups is 6. The van der Waals surface area contributed by atoms with Crippen LogP contribution in [0, 0.1) is 23.7 Å². The third-order valence-electron chi connectivity index (χ3n) is 12.5. The van der Waals surface area contributed by atoms with E-state index in [-0.39, 0.29) is 49.4 Å². The zero-order valence-corrected chi connectivity index (χ0v) is 43.3. The first kappa shape index (κ1) is 68.8. The minimum absolute atomic E-state index is 0. The number of hydrogen-bond acceptors (Lipinski definition) is 12. The van der Waals surface area contributed by atoms with E-state index in [1.165, 1.54) is 11.1 Å². The minimum Gasteiger partial charge on any atom is -0.550 e. The van der Waals surface area contributed by atoms with Crippen molar-refractivity contribution >= 4 is 23.8 Å². The van der Waals surface area contributed by atoms with Gasteiger partial charge >= 0.3 is 5.96 Å². The summed E-state index contributed by atoms with van der Waals surface area (Å²) in [6.45, 7) is 5.78. The number of carbonyl (C=O) groups excluding carboxylic acids is 3. The normalized spacial score (nSPS) is 22.4. The highest BCUT2D eigenvalue weighted by molar-refractivity contribution is 5.75. The van der Waals surface area contributed by atoms with Crippen LogP contribution in [0.1, 0.15) is 122 Å². The minimum atomic E-state index is -1.13. The van der Waals surface area contributed by atoms with Crippen LogP contribution in [-0.2, 0) is 27.2 Å². The molecular weight excluding hydrogens is 945 g/mol. The van der Waals surface area contributed by atoms with Crippen LogP contribution >= 0.6 is 0 Å². The molecule has 2 saturated carbocycles. The molecule has 0 spiro atoms. The summed E-state index contributed by atoms with van der Waals surface area (Å²) in [6, 6.07) is 19.4. The fraction of sp³-hybridized carbons (Fsp3) is 0.579. The zero-order valence-electron chi connectivity index (χ0n) is 43.3. The number of carboxylic acid groups (broad SMARTS) is 2. The predicted molar refractivity (Wildman–Crippen MR) is 288 cm³/mol. The van der Waals surface area contributed by atoms with E-state index in [9.17, 15) is 55.2 Å². The molecule has 2 fully saturated rings. The molecule has 17 nitrogen and oxygen atoms in total. The summed E-state index contributed by atoms with van der Waals surface area (Å²) in [5.74, 6) is -2.47.